The van der Waals surface area contributed by atoms with Crippen LogP contribution in [0, 0.1) is 0 Å². The summed E-state index contributed by atoms with van der Waals surface area (Å²) in [4.78, 5) is 40.9. The van der Waals surface area contributed by atoms with Gasteiger partial charge >= 0.3 is 17.9 Å². The number of carbonyl (C=O) groups is 3. The maximum atomic E-state index is 13.9. The van der Waals surface area contributed by atoms with Gasteiger partial charge in [0.2, 0.25) is 0 Å². The fraction of sp³-hybridized carbons (Fsp3) is 0.500. The Morgan fingerprint density at radius 3 is 1.08 bits per heavy atom. The molecule has 3 aromatic carbocycles. The van der Waals surface area contributed by atoms with E-state index in [0.717, 1.165) is 0 Å². The number of aliphatic hydroxyl groups excluding tert-OH is 4. The van der Waals surface area contributed by atoms with Gasteiger partial charge in [-0.2, -0.15) is 0 Å². The first-order valence-electron chi connectivity index (χ1n) is 18.5. The van der Waals surface area contributed by atoms with Crippen LogP contribution in [0.25, 0.3) is 0 Å². The second-order valence-electron chi connectivity index (χ2n) is 14.5. The van der Waals surface area contributed by atoms with Crippen molar-refractivity contribution in [1.29, 1.82) is 0 Å². The zero-order valence-corrected chi connectivity index (χ0v) is 35.6. The maximum absolute atomic E-state index is 13.9. The van der Waals surface area contributed by atoms with Gasteiger partial charge in [0.15, 0.2) is 11.2 Å². The highest BCUT2D eigenvalue weighted by molar-refractivity contribution is 5.96. The molecule has 18 nitrogen and oxygen atoms in total. The number of carbonyl (C=O) groups excluding carboxylic acids is 3. The highest BCUT2D eigenvalue weighted by Crippen LogP contribution is 2.34. The molecule has 0 saturated carbocycles. The van der Waals surface area contributed by atoms with Crippen LogP contribution >= 0.6 is 0 Å². The van der Waals surface area contributed by atoms with E-state index in [1.54, 1.807) is 13.8 Å². The third-order valence-electron chi connectivity index (χ3n) is 9.02. The van der Waals surface area contributed by atoms with Gasteiger partial charge in [0.05, 0.1) is 95.5 Å². The predicted octanol–water partition coefficient (Wildman–Crippen LogP) is 3.41. The van der Waals surface area contributed by atoms with E-state index in [1.165, 1.54) is 92.9 Å². The highest BCUT2D eigenvalue weighted by atomic mass is 16.6. The second-order valence-corrected chi connectivity index (χ2v) is 14.5. The maximum Gasteiger partial charge on any atom is 0.343 e. The summed E-state index contributed by atoms with van der Waals surface area (Å²) >= 11 is 0. The second kappa shape index (κ2) is 21.8. The van der Waals surface area contributed by atoms with Gasteiger partial charge in [0.25, 0.3) is 0 Å². The van der Waals surface area contributed by atoms with E-state index in [2.05, 4.69) is 0 Å². The zero-order valence-electron chi connectivity index (χ0n) is 35.6. The summed E-state index contributed by atoms with van der Waals surface area (Å²) in [7, 11) is 8.26. The molecule has 0 aliphatic rings. The van der Waals surface area contributed by atoms with E-state index in [9.17, 15) is 34.8 Å². The zero-order chi connectivity index (χ0) is 44.8. The molecular formula is C42H56O18. The summed E-state index contributed by atoms with van der Waals surface area (Å²) < 4.78 is 61.4. The molecule has 0 spiro atoms. The molecule has 3 rings (SSSR count). The lowest BCUT2D eigenvalue weighted by atomic mass is 10.0. The number of aliphatic hydroxyl groups is 4. The minimum atomic E-state index is -1.67. The average molecular weight is 849 g/mol. The summed E-state index contributed by atoms with van der Waals surface area (Å²) in [5, 5.41) is 40.5. The monoisotopic (exact) mass is 848 g/mol. The van der Waals surface area contributed by atoms with Crippen LogP contribution in [0.3, 0.4) is 0 Å². The van der Waals surface area contributed by atoms with Crippen LogP contribution in [0.5, 0.6) is 34.5 Å². The summed E-state index contributed by atoms with van der Waals surface area (Å²) in [6, 6.07) is 8.72. The molecule has 0 radical (unpaired) electrons. The molecule has 0 aliphatic heterocycles. The van der Waals surface area contributed by atoms with Crippen molar-refractivity contribution in [2.24, 2.45) is 0 Å². The van der Waals surface area contributed by atoms with Crippen molar-refractivity contribution < 1.29 is 86.9 Å². The van der Waals surface area contributed by atoms with Crippen LogP contribution in [0.1, 0.15) is 75.5 Å². The molecule has 2 unspecified atom stereocenters. The number of rotatable bonds is 24. The van der Waals surface area contributed by atoms with Gasteiger partial charge in [0, 0.05) is 18.2 Å². The standard InChI is InChI=1S/C42H56O18/c1-40(2,58-37(47)34-25(17-43)11-28(50-5)14-31(34)53-8)21-56-23-42(4,60-39(49)36-27(19-45)13-30(52-7)16-33(36)55-10)24-57-22-41(3,20-46)59-38(48)35-26(18-44)12-29(51-6)15-32(35)54-9/h11-16,43-46H,17-24H2,1-10H3. The van der Waals surface area contributed by atoms with Crippen molar-refractivity contribution in [3.63, 3.8) is 0 Å². The fourth-order valence-electron chi connectivity index (χ4n) is 5.93. The van der Waals surface area contributed by atoms with E-state index < -0.39 is 74.4 Å². The van der Waals surface area contributed by atoms with Crippen molar-refractivity contribution in [2.45, 2.75) is 64.3 Å². The lowest BCUT2D eigenvalue weighted by molar-refractivity contribution is -0.136. The van der Waals surface area contributed by atoms with E-state index in [4.69, 9.17) is 52.1 Å². The number of benzene rings is 3. The van der Waals surface area contributed by atoms with E-state index >= 15 is 0 Å². The first kappa shape index (κ1) is 49.0. The quantitative estimate of drug-likeness (QED) is 0.0747. The summed E-state index contributed by atoms with van der Waals surface area (Å²) in [5.41, 5.74) is -4.32. The molecule has 18 heteroatoms. The van der Waals surface area contributed by atoms with Crippen LogP contribution in [0.15, 0.2) is 36.4 Å². The molecule has 4 N–H and O–H groups in total. The average Bonchev–Trinajstić information content (AvgIpc) is 3.23. The number of esters is 3. The molecule has 0 heterocycles. The largest absolute Gasteiger partial charge is 0.497 e. The highest BCUT2D eigenvalue weighted by Gasteiger charge is 2.38. The third-order valence-corrected chi connectivity index (χ3v) is 9.02. The Hall–Kier alpha value is -5.37. The van der Waals surface area contributed by atoms with Gasteiger partial charge in [-0.3, -0.25) is 0 Å². The molecule has 0 saturated heterocycles. The van der Waals surface area contributed by atoms with Crippen molar-refractivity contribution in [2.75, 3.05) is 75.7 Å². The van der Waals surface area contributed by atoms with E-state index in [0.29, 0.717) is 17.2 Å². The Morgan fingerprint density at radius 2 is 0.767 bits per heavy atom. The van der Waals surface area contributed by atoms with Crippen LogP contribution in [-0.2, 0) is 43.5 Å². The first-order chi connectivity index (χ1) is 28.4. The Bertz CT molecular complexity index is 1870. The van der Waals surface area contributed by atoms with Gasteiger partial charge in [-0.15, -0.1) is 0 Å². The molecule has 0 amide bonds. The molecule has 3 aromatic rings. The number of hydrogen-bond acceptors (Lipinski definition) is 18. The topological polar surface area (TPSA) is 234 Å². The number of ether oxygens (including phenoxy) is 11. The Balaban J connectivity index is 1.89. The molecule has 0 aromatic heterocycles. The lowest BCUT2D eigenvalue weighted by Gasteiger charge is -2.34. The normalized spacial score (nSPS) is 13.3. The lowest BCUT2D eigenvalue weighted by Crippen LogP contribution is -2.46. The van der Waals surface area contributed by atoms with Crippen molar-refractivity contribution >= 4 is 17.9 Å². The molecule has 0 fully saturated rings. The molecular weight excluding hydrogens is 792 g/mol. The third kappa shape index (κ3) is 12.3. The van der Waals surface area contributed by atoms with Crippen molar-refractivity contribution in [1.82, 2.24) is 0 Å². The Labute approximate surface area is 348 Å². The van der Waals surface area contributed by atoms with Gasteiger partial charge in [-0.25, -0.2) is 14.4 Å². The van der Waals surface area contributed by atoms with E-state index in [-0.39, 0.29) is 63.8 Å². The minimum absolute atomic E-state index is 0.0141. The van der Waals surface area contributed by atoms with Crippen LogP contribution in [-0.4, -0.2) is 131 Å². The van der Waals surface area contributed by atoms with Crippen LogP contribution < -0.4 is 28.4 Å². The van der Waals surface area contributed by atoms with Gasteiger partial charge in [0.1, 0.15) is 56.8 Å². The summed E-state index contributed by atoms with van der Waals surface area (Å²) in [5.74, 6) is -1.46. The number of hydrogen-bond donors (Lipinski definition) is 4. The van der Waals surface area contributed by atoms with Crippen molar-refractivity contribution in [3.05, 3.63) is 69.8 Å². The molecule has 332 valence electrons. The SMILES string of the molecule is COc1cc(CO)c(C(=O)OC(C)(C)COCC(C)(COCC(C)(CO)OC(=O)c2c(CO)cc(OC)cc2OC)OC(=O)c2c(CO)cc(OC)cc2OC)c(OC)c1. The predicted molar refractivity (Wildman–Crippen MR) is 212 cm³/mol. The van der Waals surface area contributed by atoms with Crippen LogP contribution in [0.4, 0.5) is 0 Å². The van der Waals surface area contributed by atoms with Crippen LogP contribution in [0.2, 0.25) is 0 Å². The smallest absolute Gasteiger partial charge is 0.343 e. The van der Waals surface area contributed by atoms with Gasteiger partial charge < -0.3 is 72.5 Å². The molecule has 60 heavy (non-hydrogen) atoms. The van der Waals surface area contributed by atoms with Gasteiger partial charge in [-0.05, 0) is 62.6 Å². The fourth-order valence-corrected chi connectivity index (χ4v) is 5.93. The van der Waals surface area contributed by atoms with E-state index in [1.807, 2.05) is 0 Å². The molecule has 2 atom stereocenters. The number of methoxy groups -OCH3 is 6. The minimum Gasteiger partial charge on any atom is -0.497 e. The van der Waals surface area contributed by atoms with Crippen molar-refractivity contribution in [3.8, 4) is 34.5 Å². The Kier molecular flexibility index (Phi) is 17.8. The molecule has 0 aliphatic carbocycles. The van der Waals surface area contributed by atoms with Gasteiger partial charge in [-0.1, -0.05) is 0 Å². The summed E-state index contributed by atoms with van der Waals surface area (Å²) in [6.45, 7) is 2.27. The molecule has 0 bridgehead atoms. The summed E-state index contributed by atoms with van der Waals surface area (Å²) in [6.07, 6.45) is 0. The first-order valence-corrected chi connectivity index (χ1v) is 18.5. The Morgan fingerprint density at radius 1 is 0.450 bits per heavy atom.